The highest BCUT2D eigenvalue weighted by atomic mass is 35.5. The van der Waals surface area contributed by atoms with Crippen LogP contribution in [0.1, 0.15) is 36.6 Å². The highest BCUT2D eigenvalue weighted by Crippen LogP contribution is 2.58. The molecule has 0 bridgehead atoms. The molecule has 1 atom stereocenters. The largest absolute Gasteiger partial charge is 0.288 e. The highest BCUT2D eigenvalue weighted by Gasteiger charge is 2.40. The number of hydrogen-bond acceptors (Lipinski definition) is 5. The second kappa shape index (κ2) is 8.32. The van der Waals surface area contributed by atoms with E-state index in [1.165, 1.54) is 36.0 Å². The van der Waals surface area contributed by atoms with Crippen molar-refractivity contribution in [3.05, 3.63) is 111 Å². The summed E-state index contributed by atoms with van der Waals surface area (Å²) in [5.74, 6) is -2.09. The molecule has 0 radical (unpaired) electrons. The Morgan fingerprint density at radius 1 is 0.971 bits per heavy atom. The highest BCUT2D eigenvalue weighted by molar-refractivity contribution is 8.45. The summed E-state index contributed by atoms with van der Waals surface area (Å²) in [4.78, 5) is 45.3. The predicted octanol–water partition coefficient (Wildman–Crippen LogP) is 4.93. The number of rotatable bonds is 5. The summed E-state index contributed by atoms with van der Waals surface area (Å²) >= 11 is 6.18. The molecule has 2 aliphatic heterocycles. The average Bonchev–Trinajstić information content (AvgIpc) is 3.32. The maximum Gasteiger partial charge on any atom is 0.261 e. The van der Waals surface area contributed by atoms with Crippen LogP contribution in [-0.4, -0.2) is 34.6 Å². The first-order valence-electron chi connectivity index (χ1n) is 10.2. The van der Waals surface area contributed by atoms with Crippen LogP contribution < -0.4 is 5.14 Å². The Morgan fingerprint density at radius 2 is 1.62 bits per heavy atom. The van der Waals surface area contributed by atoms with Crippen LogP contribution in [0.5, 0.6) is 0 Å². The quantitative estimate of drug-likeness (QED) is 0.403. The molecule has 0 spiro atoms. The standard InChI is InChI=1S/C25H17ClFN3O3S/c26-15-9-10-22(20(11-15)23(31)19-7-3-4-8-21(19)27)34(28)14-29-12-16(34)13-30-24(32)17-5-1-2-6-18(17)25(30)33/h1-12,14H,13,28H2. The molecule has 9 heteroatoms. The Balaban J connectivity index is 1.53. The van der Waals surface area contributed by atoms with Gasteiger partial charge in [0.15, 0.2) is 5.78 Å². The molecule has 0 aromatic heterocycles. The first kappa shape index (κ1) is 22.2. The number of imide groups is 1. The lowest BCUT2D eigenvalue weighted by atomic mass is 10.0. The third-order valence-corrected chi connectivity index (χ3v) is 8.62. The minimum absolute atomic E-state index is 0.0892. The second-order valence-electron chi connectivity index (χ2n) is 7.75. The molecule has 2 amide bonds. The average molecular weight is 494 g/mol. The predicted molar refractivity (Wildman–Crippen MR) is 130 cm³/mol. The van der Waals surface area contributed by atoms with E-state index in [1.54, 1.807) is 42.5 Å². The van der Waals surface area contributed by atoms with Crippen molar-refractivity contribution in [2.24, 2.45) is 10.1 Å². The van der Waals surface area contributed by atoms with Gasteiger partial charge in [-0.1, -0.05) is 46.1 Å². The summed E-state index contributed by atoms with van der Waals surface area (Å²) in [6.07, 6.45) is 1.50. The fourth-order valence-corrected chi connectivity index (χ4v) is 6.36. The molecule has 6 nitrogen and oxygen atoms in total. The van der Waals surface area contributed by atoms with Gasteiger partial charge in [-0.05, 0) is 42.5 Å². The van der Waals surface area contributed by atoms with Gasteiger partial charge in [-0.2, -0.15) is 0 Å². The number of aliphatic imine (C=N–C) groups is 1. The molecule has 170 valence electrons. The first-order valence-corrected chi connectivity index (χ1v) is 12.3. The fraction of sp³-hybridized carbons (Fsp3) is 0.0400. The number of carbonyl (C=O) groups is 3. The van der Waals surface area contributed by atoms with Gasteiger partial charge in [0.1, 0.15) is 5.82 Å². The topological polar surface area (TPSA) is 92.8 Å². The Labute approximate surface area is 201 Å². The molecule has 1 unspecified atom stereocenters. The lowest BCUT2D eigenvalue weighted by Gasteiger charge is -2.34. The van der Waals surface area contributed by atoms with Crippen LogP contribution in [0.4, 0.5) is 4.39 Å². The zero-order chi connectivity index (χ0) is 24.0. The van der Waals surface area contributed by atoms with E-state index in [-0.39, 0.29) is 22.7 Å². The zero-order valence-electron chi connectivity index (χ0n) is 17.6. The molecular formula is C25H17ClFN3O3S. The van der Waals surface area contributed by atoms with Gasteiger partial charge >= 0.3 is 0 Å². The molecular weight excluding hydrogens is 477 g/mol. The number of halogens is 2. The van der Waals surface area contributed by atoms with Crippen molar-refractivity contribution in [2.45, 2.75) is 4.90 Å². The number of fused-ring (bicyclic) bond motifs is 1. The van der Waals surface area contributed by atoms with Gasteiger partial charge in [0.05, 0.1) is 28.8 Å². The maximum absolute atomic E-state index is 14.4. The van der Waals surface area contributed by atoms with Crippen molar-refractivity contribution in [3.63, 3.8) is 0 Å². The minimum Gasteiger partial charge on any atom is -0.288 e. The molecule has 0 saturated carbocycles. The Bertz CT molecular complexity index is 1420. The van der Waals surface area contributed by atoms with Gasteiger partial charge in [-0.25, -0.2) is 4.39 Å². The van der Waals surface area contributed by atoms with Crippen molar-refractivity contribution in [2.75, 3.05) is 6.54 Å². The SMILES string of the molecule is NS1(c2ccc(Cl)cc2C(=O)c2ccccc2F)C=NC=C1CN1C(=O)c2ccccc2C1=O. The van der Waals surface area contributed by atoms with Crippen LogP contribution in [-0.2, 0) is 0 Å². The van der Waals surface area contributed by atoms with Crippen LogP contribution in [0, 0.1) is 5.82 Å². The lowest BCUT2D eigenvalue weighted by Crippen LogP contribution is -2.33. The van der Waals surface area contributed by atoms with Crippen molar-refractivity contribution >= 4 is 45.0 Å². The summed E-state index contributed by atoms with van der Waals surface area (Å²) in [6.45, 7) is -0.0892. The number of nitrogens with zero attached hydrogens (tertiary/aromatic N) is 2. The lowest BCUT2D eigenvalue weighted by molar-refractivity contribution is 0.0670. The zero-order valence-corrected chi connectivity index (χ0v) is 19.1. The van der Waals surface area contributed by atoms with E-state index in [2.05, 4.69) is 4.99 Å². The van der Waals surface area contributed by atoms with E-state index in [9.17, 15) is 18.8 Å². The number of carbonyl (C=O) groups excluding carboxylic acids is 3. The molecule has 5 rings (SSSR count). The van der Waals surface area contributed by atoms with Crippen molar-refractivity contribution in [3.8, 4) is 0 Å². The Kier molecular flexibility index (Phi) is 5.44. The molecule has 34 heavy (non-hydrogen) atoms. The van der Waals surface area contributed by atoms with Gasteiger partial charge in [0.25, 0.3) is 11.8 Å². The van der Waals surface area contributed by atoms with E-state index in [0.717, 1.165) is 4.90 Å². The molecule has 2 N–H and O–H groups in total. The molecule has 0 saturated heterocycles. The second-order valence-corrected chi connectivity index (χ2v) is 10.8. The van der Waals surface area contributed by atoms with E-state index in [4.69, 9.17) is 16.7 Å². The van der Waals surface area contributed by atoms with Crippen LogP contribution in [0.15, 0.2) is 87.7 Å². The van der Waals surface area contributed by atoms with Crippen LogP contribution >= 0.6 is 21.8 Å². The van der Waals surface area contributed by atoms with E-state index < -0.39 is 33.6 Å². The Morgan fingerprint density at radius 3 is 2.29 bits per heavy atom. The summed E-state index contributed by atoms with van der Waals surface area (Å²) < 4.78 is 14.4. The minimum atomic E-state index is -2.54. The first-order chi connectivity index (χ1) is 16.3. The molecule has 3 aromatic rings. The molecule has 0 aliphatic carbocycles. The van der Waals surface area contributed by atoms with Crippen LogP contribution in [0.2, 0.25) is 5.02 Å². The number of hydrogen-bond donors (Lipinski definition) is 1. The number of benzene rings is 3. The van der Waals surface area contributed by atoms with Crippen molar-refractivity contribution in [1.82, 2.24) is 4.90 Å². The van der Waals surface area contributed by atoms with Gasteiger partial charge in [0.2, 0.25) is 0 Å². The van der Waals surface area contributed by atoms with Gasteiger partial charge < -0.3 is 0 Å². The summed E-state index contributed by atoms with van der Waals surface area (Å²) in [6, 6.07) is 16.9. The van der Waals surface area contributed by atoms with Crippen LogP contribution in [0.3, 0.4) is 0 Å². The normalized spacial score (nSPS) is 20.8. The van der Waals surface area contributed by atoms with Crippen LogP contribution in [0.25, 0.3) is 0 Å². The number of nitrogens with two attached hydrogens (primary N) is 1. The van der Waals surface area contributed by atoms with Gasteiger partial charge in [-0.3, -0.25) is 29.4 Å². The summed E-state index contributed by atoms with van der Waals surface area (Å²) in [5, 5.41) is 7.12. The summed E-state index contributed by atoms with van der Waals surface area (Å²) in [5.41, 5.74) is 2.19. The maximum atomic E-state index is 14.4. The van der Waals surface area contributed by atoms with Crippen molar-refractivity contribution < 1.29 is 18.8 Å². The van der Waals surface area contributed by atoms with Crippen molar-refractivity contribution in [1.29, 1.82) is 0 Å². The third kappa shape index (κ3) is 3.47. The molecule has 2 heterocycles. The monoisotopic (exact) mass is 493 g/mol. The Hall–Kier alpha value is -3.59. The third-order valence-electron chi connectivity index (χ3n) is 5.74. The van der Waals surface area contributed by atoms with E-state index >= 15 is 0 Å². The smallest absolute Gasteiger partial charge is 0.261 e. The summed E-state index contributed by atoms with van der Waals surface area (Å²) in [7, 11) is -2.54. The number of ketones is 1. The molecule has 3 aromatic carbocycles. The van der Waals surface area contributed by atoms with E-state index in [0.29, 0.717) is 20.9 Å². The van der Waals surface area contributed by atoms with Gasteiger partial charge in [0, 0.05) is 26.6 Å². The molecule has 2 aliphatic rings. The van der Waals surface area contributed by atoms with Gasteiger partial charge in [-0.15, -0.1) is 0 Å². The fourth-order valence-electron chi connectivity index (χ4n) is 4.01. The number of amides is 2. The molecule has 0 fully saturated rings. The van der Waals surface area contributed by atoms with E-state index in [1.807, 2.05) is 0 Å².